The number of aliphatic hydroxyl groups excluding tert-OH is 4. The van der Waals surface area contributed by atoms with Crippen molar-refractivity contribution in [3.8, 4) is 11.5 Å². The smallest absolute Gasteiger partial charge is 0.119 e. The summed E-state index contributed by atoms with van der Waals surface area (Å²) in [5, 5.41) is 35.4. The van der Waals surface area contributed by atoms with Gasteiger partial charge >= 0.3 is 0 Å². The maximum atomic E-state index is 9.10. The molecule has 0 aliphatic carbocycles. The standard InChI is InChI=1S/C12H18O6/c13-5-9(15)7-17-11-1-2-12(4-3-11)18-8-10(16)6-14/h1-4,9-10,13-16H,5-8H2/t9-,10-/m1/s1. The first-order valence-electron chi connectivity index (χ1n) is 5.59. The molecule has 102 valence electrons. The molecular formula is C12H18O6. The topological polar surface area (TPSA) is 99.4 Å². The van der Waals surface area contributed by atoms with E-state index in [9.17, 15) is 0 Å². The summed E-state index contributed by atoms with van der Waals surface area (Å²) in [4.78, 5) is 0. The van der Waals surface area contributed by atoms with Gasteiger partial charge in [0.05, 0.1) is 13.2 Å². The van der Waals surface area contributed by atoms with Gasteiger partial charge in [-0.1, -0.05) is 0 Å². The highest BCUT2D eigenvalue weighted by atomic mass is 16.5. The molecule has 0 saturated carbocycles. The quantitative estimate of drug-likeness (QED) is 0.485. The average molecular weight is 258 g/mol. The highest BCUT2D eigenvalue weighted by Gasteiger charge is 2.05. The van der Waals surface area contributed by atoms with Gasteiger partial charge in [-0.3, -0.25) is 0 Å². The van der Waals surface area contributed by atoms with Crippen LogP contribution in [-0.4, -0.2) is 59.1 Å². The largest absolute Gasteiger partial charge is 0.491 e. The van der Waals surface area contributed by atoms with Crippen molar-refractivity contribution in [3.63, 3.8) is 0 Å². The van der Waals surface area contributed by atoms with Gasteiger partial charge in [-0.25, -0.2) is 0 Å². The third kappa shape index (κ3) is 5.33. The average Bonchev–Trinajstić information content (AvgIpc) is 2.43. The van der Waals surface area contributed by atoms with Crippen LogP contribution >= 0.6 is 0 Å². The molecule has 1 aromatic rings. The SMILES string of the molecule is OC[C@@H](O)COc1ccc(OC[C@H](O)CO)cc1. The fourth-order valence-corrected chi connectivity index (χ4v) is 1.12. The first kappa shape index (κ1) is 14.7. The fraction of sp³-hybridized carbons (Fsp3) is 0.500. The molecule has 0 radical (unpaired) electrons. The summed E-state index contributed by atoms with van der Waals surface area (Å²) in [5.41, 5.74) is 0. The molecule has 1 rings (SSSR count). The van der Waals surface area contributed by atoms with Gasteiger partial charge in [0.15, 0.2) is 0 Å². The van der Waals surface area contributed by atoms with Crippen LogP contribution in [0.2, 0.25) is 0 Å². The zero-order valence-electron chi connectivity index (χ0n) is 9.90. The maximum Gasteiger partial charge on any atom is 0.119 e. The van der Waals surface area contributed by atoms with Crippen molar-refractivity contribution in [1.29, 1.82) is 0 Å². The minimum absolute atomic E-state index is 0.0138. The second-order valence-electron chi connectivity index (χ2n) is 3.77. The van der Waals surface area contributed by atoms with Crippen LogP contribution in [0.15, 0.2) is 24.3 Å². The van der Waals surface area contributed by atoms with E-state index in [-0.39, 0.29) is 26.4 Å². The molecule has 0 aliphatic heterocycles. The van der Waals surface area contributed by atoms with Crippen molar-refractivity contribution in [2.24, 2.45) is 0 Å². The van der Waals surface area contributed by atoms with Crippen molar-refractivity contribution >= 4 is 0 Å². The summed E-state index contributed by atoms with van der Waals surface area (Å²) in [5.74, 6) is 1.08. The molecule has 4 N–H and O–H groups in total. The lowest BCUT2D eigenvalue weighted by molar-refractivity contribution is 0.0524. The predicted octanol–water partition coefficient (Wildman–Crippen LogP) is -0.849. The molecule has 0 spiro atoms. The van der Waals surface area contributed by atoms with Gasteiger partial charge in [-0.05, 0) is 24.3 Å². The molecule has 1 aromatic carbocycles. The Morgan fingerprint density at radius 1 is 0.778 bits per heavy atom. The number of hydrogen-bond donors (Lipinski definition) is 4. The van der Waals surface area contributed by atoms with Crippen molar-refractivity contribution in [1.82, 2.24) is 0 Å². The molecule has 0 aromatic heterocycles. The number of ether oxygens (including phenoxy) is 2. The van der Waals surface area contributed by atoms with E-state index in [2.05, 4.69) is 0 Å². The second kappa shape index (κ2) is 7.88. The minimum atomic E-state index is -0.902. The molecule has 2 atom stereocenters. The van der Waals surface area contributed by atoms with E-state index in [0.29, 0.717) is 11.5 Å². The van der Waals surface area contributed by atoms with Crippen LogP contribution in [0.3, 0.4) is 0 Å². The van der Waals surface area contributed by atoms with E-state index in [1.807, 2.05) is 0 Å². The Bertz CT molecular complexity index is 293. The van der Waals surface area contributed by atoms with Crippen LogP contribution in [0.25, 0.3) is 0 Å². The molecule has 0 aliphatic rings. The van der Waals surface area contributed by atoms with Crippen LogP contribution in [0, 0.1) is 0 Å². The van der Waals surface area contributed by atoms with Crippen molar-refractivity contribution < 1.29 is 29.9 Å². The van der Waals surface area contributed by atoms with Gasteiger partial charge in [-0.15, -0.1) is 0 Å². The summed E-state index contributed by atoms with van der Waals surface area (Å²) in [6.07, 6.45) is -1.80. The number of hydrogen-bond acceptors (Lipinski definition) is 6. The van der Waals surface area contributed by atoms with E-state index >= 15 is 0 Å². The summed E-state index contributed by atoms with van der Waals surface area (Å²) in [6.45, 7) is -0.666. The molecule has 0 fully saturated rings. The van der Waals surface area contributed by atoms with Crippen molar-refractivity contribution in [2.75, 3.05) is 26.4 Å². The Morgan fingerprint density at radius 3 is 1.39 bits per heavy atom. The fourth-order valence-electron chi connectivity index (χ4n) is 1.12. The minimum Gasteiger partial charge on any atom is -0.491 e. The summed E-state index contributed by atoms with van der Waals surface area (Å²) < 4.78 is 10.4. The van der Waals surface area contributed by atoms with E-state index in [0.717, 1.165) is 0 Å². The van der Waals surface area contributed by atoms with Crippen LogP contribution in [0.5, 0.6) is 11.5 Å². The summed E-state index contributed by atoms with van der Waals surface area (Å²) in [7, 11) is 0. The molecule has 0 bridgehead atoms. The zero-order valence-corrected chi connectivity index (χ0v) is 9.90. The molecule has 0 amide bonds. The van der Waals surface area contributed by atoms with Crippen LogP contribution in [-0.2, 0) is 0 Å². The van der Waals surface area contributed by atoms with E-state index < -0.39 is 12.2 Å². The summed E-state index contributed by atoms with van der Waals surface area (Å²) >= 11 is 0. The van der Waals surface area contributed by atoms with Crippen molar-refractivity contribution in [2.45, 2.75) is 12.2 Å². The first-order valence-corrected chi connectivity index (χ1v) is 5.59. The van der Waals surface area contributed by atoms with Gasteiger partial charge in [0.1, 0.15) is 36.9 Å². The third-order valence-corrected chi connectivity index (χ3v) is 2.13. The van der Waals surface area contributed by atoms with Crippen LogP contribution < -0.4 is 9.47 Å². The van der Waals surface area contributed by atoms with Crippen LogP contribution in [0.4, 0.5) is 0 Å². The highest BCUT2D eigenvalue weighted by molar-refractivity contribution is 5.31. The number of rotatable bonds is 8. The lowest BCUT2D eigenvalue weighted by Crippen LogP contribution is -2.21. The normalized spacial score (nSPS) is 14.0. The Kier molecular flexibility index (Phi) is 6.45. The molecule has 18 heavy (non-hydrogen) atoms. The molecule has 0 heterocycles. The Balaban J connectivity index is 2.37. The van der Waals surface area contributed by atoms with Crippen molar-refractivity contribution in [3.05, 3.63) is 24.3 Å². The molecule has 6 nitrogen and oxygen atoms in total. The summed E-state index contributed by atoms with van der Waals surface area (Å²) in [6, 6.07) is 6.57. The van der Waals surface area contributed by atoms with Gasteiger partial charge < -0.3 is 29.9 Å². The molecule has 6 heteroatoms. The Hall–Kier alpha value is -1.34. The Morgan fingerprint density at radius 2 is 1.11 bits per heavy atom. The zero-order chi connectivity index (χ0) is 13.4. The monoisotopic (exact) mass is 258 g/mol. The molecular weight excluding hydrogens is 240 g/mol. The van der Waals surface area contributed by atoms with E-state index in [1.165, 1.54) is 0 Å². The van der Waals surface area contributed by atoms with E-state index in [4.69, 9.17) is 29.9 Å². The highest BCUT2D eigenvalue weighted by Crippen LogP contribution is 2.17. The van der Waals surface area contributed by atoms with Gasteiger partial charge in [0.25, 0.3) is 0 Å². The third-order valence-electron chi connectivity index (χ3n) is 2.13. The van der Waals surface area contributed by atoms with Gasteiger partial charge in [-0.2, -0.15) is 0 Å². The molecule has 0 saturated heterocycles. The number of aliphatic hydroxyl groups is 4. The number of benzene rings is 1. The first-order chi connectivity index (χ1) is 8.65. The van der Waals surface area contributed by atoms with Gasteiger partial charge in [0.2, 0.25) is 0 Å². The molecule has 0 unspecified atom stereocenters. The predicted molar refractivity (Wildman–Crippen MR) is 63.6 cm³/mol. The lowest BCUT2D eigenvalue weighted by atomic mass is 10.3. The van der Waals surface area contributed by atoms with Crippen LogP contribution in [0.1, 0.15) is 0 Å². The van der Waals surface area contributed by atoms with Gasteiger partial charge in [0, 0.05) is 0 Å². The lowest BCUT2D eigenvalue weighted by Gasteiger charge is -2.12. The second-order valence-corrected chi connectivity index (χ2v) is 3.77. The van der Waals surface area contributed by atoms with E-state index in [1.54, 1.807) is 24.3 Å². The Labute approximate surface area is 105 Å². The maximum absolute atomic E-state index is 9.10.